The molecule has 39 heavy (non-hydrogen) atoms. The van der Waals surface area contributed by atoms with E-state index in [2.05, 4.69) is 25.9 Å². The standard InChI is InChI=1S/C28H26F3N5O2S/c29-28(30,31)19-7-5-17(6-8-19)23-4-2-1-3-18(23)16-33-20-9-11-21(12-10-20)34-26-32-14-13-22(35-26)15-24-25(37)36-27(38)39-24/h1-8,13-15,20-21,33H,9-12,16H2,(H,32,34,35)(H,36,37,38)/b24-15-/t20-,21-. The Kier molecular flexibility index (Phi) is 7.99. The number of carbonyl (C=O) groups is 2. The first kappa shape index (κ1) is 26.9. The van der Waals surface area contributed by atoms with Crippen LogP contribution in [0.5, 0.6) is 0 Å². The Morgan fingerprint density at radius 2 is 1.69 bits per heavy atom. The van der Waals surface area contributed by atoms with Crippen molar-refractivity contribution >= 4 is 34.9 Å². The summed E-state index contributed by atoms with van der Waals surface area (Å²) in [7, 11) is 0. The van der Waals surface area contributed by atoms with Crippen LogP contribution in [-0.2, 0) is 17.5 Å². The van der Waals surface area contributed by atoms with Crippen molar-refractivity contribution in [3.63, 3.8) is 0 Å². The molecule has 1 aliphatic carbocycles. The van der Waals surface area contributed by atoms with E-state index in [0.29, 0.717) is 29.1 Å². The molecule has 2 aromatic carbocycles. The van der Waals surface area contributed by atoms with Gasteiger partial charge in [-0.05, 0) is 78.4 Å². The first-order chi connectivity index (χ1) is 18.7. The molecule has 2 fully saturated rings. The molecule has 202 valence electrons. The molecule has 3 N–H and O–H groups in total. The summed E-state index contributed by atoms with van der Waals surface area (Å²) in [5, 5.41) is 8.81. The second kappa shape index (κ2) is 11.6. The minimum Gasteiger partial charge on any atom is -0.351 e. The van der Waals surface area contributed by atoms with Crippen molar-refractivity contribution in [3.8, 4) is 11.1 Å². The van der Waals surface area contributed by atoms with E-state index in [1.54, 1.807) is 18.3 Å². The lowest BCUT2D eigenvalue weighted by molar-refractivity contribution is -0.137. The van der Waals surface area contributed by atoms with Crippen molar-refractivity contribution in [3.05, 3.63) is 82.5 Å². The van der Waals surface area contributed by atoms with Gasteiger partial charge in [0.25, 0.3) is 11.1 Å². The summed E-state index contributed by atoms with van der Waals surface area (Å²) in [6, 6.07) is 15.2. The third-order valence-electron chi connectivity index (χ3n) is 6.78. The Balaban J connectivity index is 1.14. The van der Waals surface area contributed by atoms with Crippen LogP contribution in [0.25, 0.3) is 17.2 Å². The third kappa shape index (κ3) is 6.85. The van der Waals surface area contributed by atoms with Crippen molar-refractivity contribution in [1.82, 2.24) is 20.6 Å². The Hall–Kier alpha value is -3.70. The van der Waals surface area contributed by atoms with Gasteiger partial charge in [0.15, 0.2) is 0 Å². The first-order valence-electron chi connectivity index (χ1n) is 12.6. The molecule has 2 amide bonds. The summed E-state index contributed by atoms with van der Waals surface area (Å²) in [6.45, 7) is 0.619. The summed E-state index contributed by atoms with van der Waals surface area (Å²) in [5.41, 5.74) is 2.59. The van der Waals surface area contributed by atoms with Gasteiger partial charge in [-0.15, -0.1) is 0 Å². The van der Waals surface area contributed by atoms with Crippen LogP contribution in [0.2, 0.25) is 0 Å². The van der Waals surface area contributed by atoms with E-state index >= 15 is 0 Å². The smallest absolute Gasteiger partial charge is 0.351 e. The lowest BCUT2D eigenvalue weighted by Crippen LogP contribution is -2.37. The number of carbonyl (C=O) groups excluding carboxylic acids is 2. The van der Waals surface area contributed by atoms with Crippen LogP contribution in [0.3, 0.4) is 0 Å². The Bertz CT molecular complexity index is 1390. The number of anilines is 1. The maximum atomic E-state index is 12.9. The molecule has 0 radical (unpaired) electrons. The molecule has 3 aromatic rings. The second-order valence-electron chi connectivity index (χ2n) is 9.46. The number of alkyl halides is 3. The fraction of sp³-hybridized carbons (Fsp3) is 0.286. The summed E-state index contributed by atoms with van der Waals surface area (Å²) >= 11 is 0.847. The number of amides is 2. The maximum absolute atomic E-state index is 12.9. The Labute approximate surface area is 227 Å². The summed E-state index contributed by atoms with van der Waals surface area (Å²) in [5.74, 6) is 0.0480. The Morgan fingerprint density at radius 1 is 0.974 bits per heavy atom. The van der Waals surface area contributed by atoms with E-state index < -0.39 is 22.9 Å². The van der Waals surface area contributed by atoms with Crippen LogP contribution in [-0.4, -0.2) is 33.2 Å². The topological polar surface area (TPSA) is 96.0 Å². The number of nitrogens with one attached hydrogen (secondary N) is 3. The van der Waals surface area contributed by atoms with Gasteiger partial charge in [-0.2, -0.15) is 13.2 Å². The molecule has 11 heteroatoms. The number of aromatic nitrogens is 2. The third-order valence-corrected chi connectivity index (χ3v) is 7.59. The van der Waals surface area contributed by atoms with E-state index in [-0.39, 0.29) is 6.04 Å². The molecule has 0 atom stereocenters. The van der Waals surface area contributed by atoms with Gasteiger partial charge in [-0.25, -0.2) is 9.97 Å². The molecule has 1 saturated heterocycles. The van der Waals surface area contributed by atoms with Crippen LogP contribution in [0, 0.1) is 0 Å². The molecular formula is C28H26F3N5O2S. The number of halogens is 3. The van der Waals surface area contributed by atoms with Crippen LogP contribution in [0.1, 0.15) is 42.5 Å². The van der Waals surface area contributed by atoms with Crippen LogP contribution in [0.4, 0.5) is 23.9 Å². The normalized spacial score (nSPS) is 20.7. The zero-order valence-electron chi connectivity index (χ0n) is 20.8. The molecule has 0 spiro atoms. The van der Waals surface area contributed by atoms with E-state index in [0.717, 1.165) is 66.3 Å². The van der Waals surface area contributed by atoms with Crippen LogP contribution < -0.4 is 16.0 Å². The predicted molar refractivity (Wildman–Crippen MR) is 145 cm³/mol. The summed E-state index contributed by atoms with van der Waals surface area (Å²) < 4.78 is 38.8. The highest BCUT2D eigenvalue weighted by atomic mass is 32.2. The summed E-state index contributed by atoms with van der Waals surface area (Å²) in [4.78, 5) is 32.2. The molecule has 1 aliphatic heterocycles. The lowest BCUT2D eigenvalue weighted by Gasteiger charge is -2.30. The number of thioether (sulfide) groups is 1. The van der Waals surface area contributed by atoms with Crippen molar-refractivity contribution in [2.45, 2.75) is 50.5 Å². The highest BCUT2D eigenvalue weighted by Gasteiger charge is 2.30. The van der Waals surface area contributed by atoms with Gasteiger partial charge in [0, 0.05) is 24.8 Å². The molecule has 7 nitrogen and oxygen atoms in total. The number of imide groups is 1. The van der Waals surface area contributed by atoms with E-state index in [1.165, 1.54) is 12.1 Å². The van der Waals surface area contributed by atoms with Crippen molar-refractivity contribution in [2.24, 2.45) is 0 Å². The zero-order valence-corrected chi connectivity index (χ0v) is 21.6. The van der Waals surface area contributed by atoms with Gasteiger partial charge in [-0.3, -0.25) is 14.9 Å². The molecule has 0 bridgehead atoms. The van der Waals surface area contributed by atoms with Crippen molar-refractivity contribution in [1.29, 1.82) is 0 Å². The van der Waals surface area contributed by atoms with Gasteiger partial charge in [0.1, 0.15) is 0 Å². The van der Waals surface area contributed by atoms with Gasteiger partial charge in [0.2, 0.25) is 5.95 Å². The quantitative estimate of drug-likeness (QED) is 0.309. The maximum Gasteiger partial charge on any atom is 0.416 e. The summed E-state index contributed by atoms with van der Waals surface area (Å²) in [6.07, 6.45) is 2.56. The fourth-order valence-electron chi connectivity index (χ4n) is 4.75. The average Bonchev–Trinajstić information content (AvgIpc) is 3.24. The second-order valence-corrected chi connectivity index (χ2v) is 10.5. The Morgan fingerprint density at radius 3 is 2.38 bits per heavy atom. The number of hydrogen-bond donors (Lipinski definition) is 3. The van der Waals surface area contributed by atoms with E-state index in [1.807, 2.05) is 24.3 Å². The molecule has 2 heterocycles. The van der Waals surface area contributed by atoms with Crippen LogP contribution >= 0.6 is 11.8 Å². The highest BCUT2D eigenvalue weighted by molar-refractivity contribution is 8.18. The molecule has 1 aromatic heterocycles. The molecule has 0 unspecified atom stereocenters. The average molecular weight is 554 g/mol. The minimum atomic E-state index is -4.35. The van der Waals surface area contributed by atoms with Crippen molar-refractivity contribution in [2.75, 3.05) is 5.32 Å². The molecule has 1 saturated carbocycles. The highest BCUT2D eigenvalue weighted by Crippen LogP contribution is 2.32. The number of hydrogen-bond acceptors (Lipinski definition) is 7. The lowest BCUT2D eigenvalue weighted by atomic mass is 9.90. The first-order valence-corrected chi connectivity index (χ1v) is 13.4. The molecular weight excluding hydrogens is 527 g/mol. The van der Waals surface area contributed by atoms with Gasteiger partial charge < -0.3 is 10.6 Å². The SMILES string of the molecule is O=C1NC(=O)/C(=C/c2ccnc(N[C@H]3CC[C@H](NCc4ccccc4-c4ccc(C(F)(F)F)cc4)CC3)n2)S1. The van der Waals surface area contributed by atoms with Crippen molar-refractivity contribution < 1.29 is 22.8 Å². The van der Waals surface area contributed by atoms with Gasteiger partial charge in [0.05, 0.1) is 16.2 Å². The number of benzene rings is 2. The van der Waals surface area contributed by atoms with E-state index in [4.69, 9.17) is 0 Å². The largest absolute Gasteiger partial charge is 0.416 e. The molecule has 5 rings (SSSR count). The predicted octanol–water partition coefficient (Wildman–Crippen LogP) is 6.00. The van der Waals surface area contributed by atoms with E-state index in [9.17, 15) is 22.8 Å². The number of rotatable bonds is 7. The monoisotopic (exact) mass is 553 g/mol. The molecule has 2 aliphatic rings. The number of nitrogens with zero attached hydrogens (tertiary/aromatic N) is 2. The van der Waals surface area contributed by atoms with Gasteiger partial charge in [-0.1, -0.05) is 36.4 Å². The van der Waals surface area contributed by atoms with Gasteiger partial charge >= 0.3 is 6.18 Å². The van der Waals surface area contributed by atoms with Crippen LogP contribution in [0.15, 0.2) is 65.7 Å². The minimum absolute atomic E-state index is 0.205. The fourth-order valence-corrected chi connectivity index (χ4v) is 5.42. The zero-order chi connectivity index (χ0) is 27.4.